The summed E-state index contributed by atoms with van der Waals surface area (Å²) in [6.45, 7) is 7.39. The lowest BCUT2D eigenvalue weighted by molar-refractivity contribution is 0.0784. The summed E-state index contributed by atoms with van der Waals surface area (Å²) in [6, 6.07) is 19.9. The molecule has 42 heavy (non-hydrogen) atoms. The lowest BCUT2D eigenvalue weighted by Gasteiger charge is -2.25. The molecule has 0 aliphatic heterocycles. The Hall–Kier alpha value is -3.92. The number of hydrogen-bond acceptors (Lipinski definition) is 7. The van der Waals surface area contributed by atoms with Crippen molar-refractivity contribution in [2.24, 2.45) is 0 Å². The predicted octanol–water partition coefficient (Wildman–Crippen LogP) is 4.73. The van der Waals surface area contributed by atoms with Gasteiger partial charge < -0.3 is 20.6 Å². The molecule has 0 aliphatic carbocycles. The Morgan fingerprint density at radius 2 is 1.76 bits per heavy atom. The van der Waals surface area contributed by atoms with E-state index in [-0.39, 0.29) is 18.4 Å². The standard InChI is InChI=1S/C33H39N5O3S/c1-22(2)28-16-25(13-14-35-28)18-34-19-30(39)29(15-24-9-6-5-7-10-24)37-32(40)26-11-8-12-27(17-26)33(41)38(4)20-31-36-23(3)21-42-31/h5-14,16-17,21-22,29-30,34,39H,15,18-20H2,1-4H3,(H,37,40)/t29-,30+/m0/s1. The minimum atomic E-state index is -0.849. The smallest absolute Gasteiger partial charge is 0.253 e. The van der Waals surface area contributed by atoms with Crippen LogP contribution in [-0.4, -0.2) is 57.5 Å². The molecule has 9 heteroatoms. The van der Waals surface area contributed by atoms with Gasteiger partial charge in [0, 0.05) is 54.2 Å². The minimum Gasteiger partial charge on any atom is -0.390 e. The molecule has 2 aromatic carbocycles. The number of aliphatic hydroxyl groups is 1. The van der Waals surface area contributed by atoms with Crippen LogP contribution in [0.1, 0.15) is 68.0 Å². The molecule has 4 rings (SSSR count). The van der Waals surface area contributed by atoms with Crippen LogP contribution >= 0.6 is 11.3 Å². The molecule has 0 spiro atoms. The molecular formula is C33H39N5O3S. The van der Waals surface area contributed by atoms with E-state index in [4.69, 9.17) is 0 Å². The molecular weight excluding hydrogens is 546 g/mol. The molecule has 0 radical (unpaired) electrons. The van der Waals surface area contributed by atoms with E-state index >= 15 is 0 Å². The molecule has 3 N–H and O–H groups in total. The fourth-order valence-electron chi connectivity index (χ4n) is 4.59. The third-order valence-corrected chi connectivity index (χ3v) is 7.91. The molecule has 0 unspecified atom stereocenters. The van der Waals surface area contributed by atoms with Gasteiger partial charge in [0.2, 0.25) is 0 Å². The Bertz CT molecular complexity index is 1470. The summed E-state index contributed by atoms with van der Waals surface area (Å²) in [5, 5.41) is 20.3. The fourth-order valence-corrected chi connectivity index (χ4v) is 5.42. The quantitative estimate of drug-likeness (QED) is 0.209. The van der Waals surface area contributed by atoms with Gasteiger partial charge in [0.1, 0.15) is 5.01 Å². The van der Waals surface area contributed by atoms with E-state index in [1.165, 1.54) is 11.3 Å². The largest absolute Gasteiger partial charge is 0.390 e. The molecule has 2 aromatic heterocycles. The zero-order chi connectivity index (χ0) is 30.1. The minimum absolute atomic E-state index is 0.195. The highest BCUT2D eigenvalue weighted by molar-refractivity contribution is 7.09. The normalized spacial score (nSPS) is 12.6. The van der Waals surface area contributed by atoms with Gasteiger partial charge >= 0.3 is 0 Å². The molecule has 2 amide bonds. The zero-order valence-electron chi connectivity index (χ0n) is 24.6. The van der Waals surface area contributed by atoms with E-state index < -0.39 is 12.1 Å². The molecule has 0 saturated heterocycles. The number of pyridine rings is 1. The molecule has 0 aliphatic rings. The van der Waals surface area contributed by atoms with Crippen LogP contribution in [0.2, 0.25) is 0 Å². The van der Waals surface area contributed by atoms with Crippen LogP contribution in [-0.2, 0) is 19.5 Å². The van der Waals surface area contributed by atoms with Gasteiger partial charge in [-0.3, -0.25) is 14.6 Å². The summed E-state index contributed by atoms with van der Waals surface area (Å²) in [7, 11) is 1.72. The number of nitrogens with one attached hydrogen (secondary N) is 2. The number of nitrogens with zero attached hydrogens (tertiary/aromatic N) is 3. The molecule has 0 bridgehead atoms. The summed E-state index contributed by atoms with van der Waals surface area (Å²) >= 11 is 1.51. The van der Waals surface area contributed by atoms with E-state index in [1.54, 1.807) is 42.4 Å². The van der Waals surface area contributed by atoms with Gasteiger partial charge in [-0.05, 0) is 60.7 Å². The van der Waals surface area contributed by atoms with Crippen molar-refractivity contribution in [1.82, 2.24) is 25.5 Å². The van der Waals surface area contributed by atoms with Gasteiger partial charge in [-0.2, -0.15) is 0 Å². The molecule has 2 heterocycles. The van der Waals surface area contributed by atoms with Gasteiger partial charge in [-0.25, -0.2) is 4.98 Å². The molecule has 220 valence electrons. The number of carbonyl (C=O) groups excluding carboxylic acids is 2. The van der Waals surface area contributed by atoms with E-state index in [9.17, 15) is 14.7 Å². The number of aromatic nitrogens is 2. The summed E-state index contributed by atoms with van der Waals surface area (Å²) < 4.78 is 0. The first-order chi connectivity index (χ1) is 20.2. The third kappa shape index (κ3) is 8.79. The van der Waals surface area contributed by atoms with Crippen molar-refractivity contribution in [3.8, 4) is 0 Å². The van der Waals surface area contributed by atoms with Crippen molar-refractivity contribution in [3.63, 3.8) is 0 Å². The highest BCUT2D eigenvalue weighted by Gasteiger charge is 2.23. The van der Waals surface area contributed by atoms with Crippen LogP contribution in [0.5, 0.6) is 0 Å². The second kappa shape index (κ2) is 14.8. The molecule has 2 atom stereocenters. The van der Waals surface area contributed by atoms with Crippen LogP contribution in [0.4, 0.5) is 0 Å². The number of aliphatic hydroxyl groups excluding tert-OH is 1. The maximum atomic E-state index is 13.4. The van der Waals surface area contributed by atoms with Crippen molar-refractivity contribution in [1.29, 1.82) is 0 Å². The average molecular weight is 586 g/mol. The highest BCUT2D eigenvalue weighted by Crippen LogP contribution is 2.16. The summed E-state index contributed by atoms with van der Waals surface area (Å²) in [5.74, 6) is -0.213. The Kier molecular flexibility index (Phi) is 10.9. The van der Waals surface area contributed by atoms with Crippen LogP contribution in [0.25, 0.3) is 0 Å². The Balaban J connectivity index is 1.42. The monoisotopic (exact) mass is 585 g/mol. The first-order valence-corrected chi connectivity index (χ1v) is 15.0. The summed E-state index contributed by atoms with van der Waals surface area (Å²) in [5.41, 5.74) is 4.80. The predicted molar refractivity (Wildman–Crippen MR) is 167 cm³/mol. The maximum Gasteiger partial charge on any atom is 0.253 e. The second-order valence-corrected chi connectivity index (χ2v) is 11.8. The van der Waals surface area contributed by atoms with Gasteiger partial charge in [0.15, 0.2) is 0 Å². The molecule has 0 saturated carbocycles. The van der Waals surface area contributed by atoms with Crippen LogP contribution < -0.4 is 10.6 Å². The van der Waals surface area contributed by atoms with Gasteiger partial charge in [0.05, 0.1) is 18.7 Å². The van der Waals surface area contributed by atoms with E-state index in [0.717, 1.165) is 27.5 Å². The lowest BCUT2D eigenvalue weighted by atomic mass is 10.00. The van der Waals surface area contributed by atoms with Gasteiger partial charge in [-0.1, -0.05) is 50.2 Å². The number of benzene rings is 2. The Morgan fingerprint density at radius 3 is 2.48 bits per heavy atom. The van der Waals surface area contributed by atoms with Crippen LogP contribution in [0, 0.1) is 6.92 Å². The number of thiazole rings is 1. The first-order valence-electron chi connectivity index (χ1n) is 14.1. The number of amides is 2. The van der Waals surface area contributed by atoms with Crippen molar-refractivity contribution < 1.29 is 14.7 Å². The van der Waals surface area contributed by atoms with E-state index in [2.05, 4.69) is 40.5 Å². The summed E-state index contributed by atoms with van der Waals surface area (Å²) in [6.07, 6.45) is 1.41. The number of carbonyl (C=O) groups is 2. The SMILES string of the molecule is Cc1csc(CN(C)C(=O)c2cccc(C(=O)N[C@@H](Cc3ccccc3)[C@H](O)CNCc3ccnc(C(C)C)c3)c2)n1. The number of hydrogen-bond donors (Lipinski definition) is 3. The fraction of sp³-hybridized carbons (Fsp3) is 0.333. The third-order valence-electron chi connectivity index (χ3n) is 6.96. The highest BCUT2D eigenvalue weighted by atomic mass is 32.1. The van der Waals surface area contributed by atoms with Crippen molar-refractivity contribution in [3.05, 3.63) is 117 Å². The van der Waals surface area contributed by atoms with Gasteiger partial charge in [-0.15, -0.1) is 11.3 Å². The van der Waals surface area contributed by atoms with Crippen LogP contribution in [0.3, 0.4) is 0 Å². The molecule has 0 fully saturated rings. The molecule has 8 nitrogen and oxygen atoms in total. The first kappa shape index (κ1) is 31.0. The lowest BCUT2D eigenvalue weighted by Crippen LogP contribution is -2.48. The van der Waals surface area contributed by atoms with Gasteiger partial charge in [0.25, 0.3) is 11.8 Å². The average Bonchev–Trinajstić information content (AvgIpc) is 3.41. The van der Waals surface area contributed by atoms with E-state index in [0.29, 0.717) is 36.6 Å². The summed E-state index contributed by atoms with van der Waals surface area (Å²) in [4.78, 5) is 37.0. The van der Waals surface area contributed by atoms with Crippen molar-refractivity contribution in [2.75, 3.05) is 13.6 Å². The second-order valence-electron chi connectivity index (χ2n) is 10.8. The maximum absolute atomic E-state index is 13.4. The topological polar surface area (TPSA) is 107 Å². The van der Waals surface area contributed by atoms with Crippen molar-refractivity contribution >= 4 is 23.2 Å². The number of rotatable bonds is 13. The van der Waals surface area contributed by atoms with E-state index in [1.807, 2.05) is 48.7 Å². The van der Waals surface area contributed by atoms with Crippen molar-refractivity contribution in [2.45, 2.75) is 58.3 Å². The Labute approximate surface area is 251 Å². The Morgan fingerprint density at radius 1 is 1.00 bits per heavy atom. The molecule has 4 aromatic rings. The van der Waals surface area contributed by atoms with Crippen LogP contribution in [0.15, 0.2) is 78.3 Å². The number of aryl methyl sites for hydroxylation is 1. The zero-order valence-corrected chi connectivity index (χ0v) is 25.4.